The first kappa shape index (κ1) is 17.7. The van der Waals surface area contributed by atoms with Crippen LogP contribution in [-0.2, 0) is 41.6 Å². The van der Waals surface area contributed by atoms with Gasteiger partial charge in [-0.1, -0.05) is 0 Å². The van der Waals surface area contributed by atoms with Gasteiger partial charge in [-0.3, -0.25) is 0 Å². The number of rotatable bonds is 6. The van der Waals surface area contributed by atoms with Crippen LogP contribution in [0, 0.1) is 0 Å². The van der Waals surface area contributed by atoms with Crippen molar-refractivity contribution in [3.63, 3.8) is 0 Å². The van der Waals surface area contributed by atoms with E-state index in [4.69, 9.17) is 8.85 Å². The molecule has 0 unspecified atom stereocenters. The van der Waals surface area contributed by atoms with Crippen LogP contribution in [-0.4, -0.2) is 51.9 Å². The largest absolute Gasteiger partial charge is 0 e. The third kappa shape index (κ3) is 9.29. The number of hydrogen-bond acceptors (Lipinski definition) is 4. The van der Waals surface area contributed by atoms with E-state index in [-0.39, 0.29) is 32.7 Å². The first-order valence-corrected chi connectivity index (χ1v) is 17.6. The van der Waals surface area contributed by atoms with E-state index in [9.17, 15) is 4.80 Å². The van der Waals surface area contributed by atoms with Gasteiger partial charge in [0, 0.05) is 32.7 Å². The van der Waals surface area contributed by atoms with Crippen LogP contribution >= 0.6 is 8.95 Å². The summed E-state index contributed by atoms with van der Waals surface area (Å²) in [5.41, 5.74) is 0. The standard InChI is InChI=1S/C4H12O3SSi.2CH3.Sn.Y.H/c1-6-9(5,7-2)4-3-8;;;;;/h5,8H,3-4H2,1-2H3;2*1H3;;;/q;;;+1;;/p-1. The van der Waals surface area contributed by atoms with Crippen LogP contribution in [0.1, 0.15) is 0 Å². The van der Waals surface area contributed by atoms with Gasteiger partial charge in [0.25, 0.3) is 0 Å². The van der Waals surface area contributed by atoms with Gasteiger partial charge in [0.1, 0.15) is 0 Å². The molecule has 0 aromatic rings. The molecule has 0 saturated heterocycles. The van der Waals surface area contributed by atoms with Crippen molar-refractivity contribution in [2.24, 2.45) is 0 Å². The second kappa shape index (κ2) is 9.57. The minimum atomic E-state index is -2.75. The number of hydrogen-bond donors (Lipinski definition) is 1. The second-order valence-electron chi connectivity index (χ2n) is 2.79. The predicted octanol–water partition coefficient (Wildman–Crippen LogP) is 0.924. The zero-order valence-corrected chi connectivity index (χ0v) is 16.7. The van der Waals surface area contributed by atoms with Gasteiger partial charge in [0.05, 0.1) is 0 Å². The van der Waals surface area contributed by atoms with Crippen LogP contribution in [0.15, 0.2) is 0 Å². The van der Waals surface area contributed by atoms with E-state index in [0.717, 1.165) is 5.75 Å². The molecule has 3 nitrogen and oxygen atoms in total. The Labute approximate surface area is 117 Å². The van der Waals surface area contributed by atoms with E-state index < -0.39 is 27.2 Å². The molecule has 0 heterocycles. The van der Waals surface area contributed by atoms with Crippen LogP contribution in [0.2, 0.25) is 15.9 Å². The average Bonchev–Trinajstić information content (AvgIpc) is 2.03. The monoisotopic (exact) mass is 407 g/mol. The molecule has 0 spiro atoms. The summed E-state index contributed by atoms with van der Waals surface area (Å²) in [6.07, 6.45) is 0. The minimum Gasteiger partial charge on any atom is 0 e. The second-order valence-corrected chi connectivity index (χ2v) is 21.4. The molecule has 0 aliphatic carbocycles. The van der Waals surface area contributed by atoms with Crippen LogP contribution < -0.4 is 0 Å². The summed E-state index contributed by atoms with van der Waals surface area (Å²) in [6.45, 7) is 0. The fourth-order valence-electron chi connectivity index (χ4n) is 0.711. The Balaban J connectivity index is 0. The van der Waals surface area contributed by atoms with E-state index in [1.807, 2.05) is 8.95 Å². The van der Waals surface area contributed by atoms with Crippen LogP contribution in [0.25, 0.3) is 0 Å². The quantitative estimate of drug-likeness (QED) is 0.667. The molecule has 0 aliphatic heterocycles. The van der Waals surface area contributed by atoms with Gasteiger partial charge in [-0.25, -0.2) is 0 Å². The smallest absolute Gasteiger partial charge is 0 e. The molecule has 1 N–H and O–H groups in total. The first-order valence-electron chi connectivity index (χ1n) is 3.98. The van der Waals surface area contributed by atoms with Crippen LogP contribution in [0.4, 0.5) is 0 Å². The van der Waals surface area contributed by atoms with Crippen molar-refractivity contribution in [3.8, 4) is 0 Å². The van der Waals surface area contributed by atoms with E-state index in [1.54, 1.807) is 0 Å². The Kier molecular flexibility index (Phi) is 13.1. The molecule has 0 amide bonds. The van der Waals surface area contributed by atoms with Gasteiger partial charge in [-0.15, -0.1) is 0 Å². The van der Waals surface area contributed by atoms with Crippen molar-refractivity contribution in [3.05, 3.63) is 0 Å². The Hall–Kier alpha value is 2.35. The van der Waals surface area contributed by atoms with Gasteiger partial charge in [0.2, 0.25) is 0 Å². The molecule has 77 valence electrons. The van der Waals surface area contributed by atoms with Gasteiger partial charge in [-0.05, 0) is 0 Å². The normalized spacial score (nSPS) is 11.5. The molecular weight excluding hydrogens is 388 g/mol. The van der Waals surface area contributed by atoms with Crippen molar-refractivity contribution < 1.29 is 46.4 Å². The van der Waals surface area contributed by atoms with Gasteiger partial charge < -0.3 is 0 Å². The SMILES string of the molecule is CO[Si](O)(CC[S][SnH]([CH3])[CH3])OC.[Y]. The van der Waals surface area contributed by atoms with Crippen LogP contribution in [0.5, 0.6) is 0 Å². The maximum absolute atomic E-state index is 9.65. The molecule has 1 radical (unpaired) electrons. The molecule has 0 aromatic heterocycles. The Morgan fingerprint density at radius 1 is 1.31 bits per heavy atom. The summed E-state index contributed by atoms with van der Waals surface area (Å²) in [5, 5.41) is 0. The van der Waals surface area contributed by atoms with Gasteiger partial charge in [0.15, 0.2) is 0 Å². The first-order chi connectivity index (χ1) is 5.54. The predicted molar refractivity (Wildman–Crippen MR) is 58.1 cm³/mol. The summed E-state index contributed by atoms with van der Waals surface area (Å²) in [4.78, 5) is 14.3. The molecule has 0 bridgehead atoms. The Morgan fingerprint density at radius 3 is 2.08 bits per heavy atom. The molecule has 0 aliphatic rings. The van der Waals surface area contributed by atoms with Crippen molar-refractivity contribution in [2.75, 3.05) is 20.0 Å². The summed E-state index contributed by atoms with van der Waals surface area (Å²) in [7, 11) is 2.29. The van der Waals surface area contributed by atoms with Crippen LogP contribution in [0.3, 0.4) is 0 Å². The minimum absolute atomic E-state index is 0. The van der Waals surface area contributed by atoms with Crippen molar-refractivity contribution in [2.45, 2.75) is 15.9 Å². The summed E-state index contributed by atoms with van der Waals surface area (Å²) >= 11 is -1.16. The molecular formula is C6H18O3SSiSnY. The summed E-state index contributed by atoms with van der Waals surface area (Å²) < 4.78 is 9.90. The Morgan fingerprint density at radius 2 is 1.77 bits per heavy atom. The topological polar surface area (TPSA) is 38.7 Å². The molecule has 7 heteroatoms. The van der Waals surface area contributed by atoms with Gasteiger partial charge >= 0.3 is 85.7 Å². The Bertz CT molecular complexity index is 126. The molecule has 0 rings (SSSR count). The van der Waals surface area contributed by atoms with E-state index in [0.29, 0.717) is 6.04 Å². The fourth-order valence-corrected chi connectivity index (χ4v) is 10.3. The third-order valence-electron chi connectivity index (χ3n) is 1.51. The molecule has 0 atom stereocenters. The summed E-state index contributed by atoms with van der Waals surface area (Å²) in [5.74, 6) is 0.984. The third-order valence-corrected chi connectivity index (χ3v) is 12.9. The maximum atomic E-state index is 9.65. The molecule has 0 saturated carbocycles. The van der Waals surface area contributed by atoms with Crippen molar-refractivity contribution in [1.29, 1.82) is 0 Å². The maximum Gasteiger partial charge on any atom is 0 e. The summed E-state index contributed by atoms with van der Waals surface area (Å²) in [6, 6.07) is 0.680. The molecule has 0 fully saturated rings. The molecule has 13 heavy (non-hydrogen) atoms. The van der Waals surface area contributed by atoms with Crippen molar-refractivity contribution >= 4 is 36.1 Å². The zero-order valence-electron chi connectivity index (χ0n) is 8.74. The van der Waals surface area contributed by atoms with Gasteiger partial charge in [-0.2, -0.15) is 0 Å². The average molecular weight is 406 g/mol. The van der Waals surface area contributed by atoms with Crippen molar-refractivity contribution in [1.82, 2.24) is 0 Å². The molecule has 0 aromatic carbocycles. The van der Waals surface area contributed by atoms with E-state index >= 15 is 0 Å². The zero-order chi connectivity index (χ0) is 9.61. The van der Waals surface area contributed by atoms with E-state index in [1.165, 1.54) is 14.2 Å². The van der Waals surface area contributed by atoms with E-state index in [2.05, 4.69) is 9.88 Å². The fraction of sp³-hybridized carbons (Fsp3) is 1.00.